The lowest BCUT2D eigenvalue weighted by Gasteiger charge is -2.11. The molecule has 1 atom stereocenters. The number of alkyl halides is 1. The second-order valence-electron chi connectivity index (χ2n) is 4.83. The largest absolute Gasteiger partial charge is 0.253 e. The second-order valence-corrected chi connectivity index (χ2v) is 6.37. The maximum Gasteiger partial charge on any atom is 0.129 e. The van der Waals surface area contributed by atoms with Gasteiger partial charge >= 0.3 is 0 Å². The molecule has 106 valence electrons. The molecule has 2 aromatic carbocycles. The summed E-state index contributed by atoms with van der Waals surface area (Å²) >= 11 is 9.32. The van der Waals surface area contributed by atoms with Gasteiger partial charge in [0.05, 0.1) is 5.52 Å². The number of hydrogen-bond donors (Lipinski definition) is 0. The molecule has 0 fully saturated rings. The Morgan fingerprint density at radius 3 is 2.71 bits per heavy atom. The van der Waals surface area contributed by atoms with Crippen molar-refractivity contribution < 1.29 is 4.39 Å². The zero-order valence-electron chi connectivity index (χ0n) is 11.1. The van der Waals surface area contributed by atoms with Crippen LogP contribution in [0.5, 0.6) is 0 Å². The molecule has 0 N–H and O–H groups in total. The summed E-state index contributed by atoms with van der Waals surface area (Å²) in [5, 5.41) is 1.50. The SMILES string of the molecule is Fc1cc(Cl)ccc1C(Br)Cc1ccc2ccccc2n1. The topological polar surface area (TPSA) is 12.9 Å². The predicted octanol–water partition coefficient (Wildman–Crippen LogP) is 5.71. The highest BCUT2D eigenvalue weighted by atomic mass is 79.9. The standard InChI is InChI=1S/C17H12BrClFN/c18-15(14-8-6-12(19)9-16(14)20)10-13-7-5-11-3-1-2-4-17(11)21-13/h1-9,15H,10H2. The fourth-order valence-electron chi connectivity index (χ4n) is 2.27. The maximum absolute atomic E-state index is 13.9. The van der Waals surface area contributed by atoms with Crippen LogP contribution in [0.1, 0.15) is 16.1 Å². The van der Waals surface area contributed by atoms with Gasteiger partial charge in [-0.15, -0.1) is 0 Å². The molecule has 0 radical (unpaired) electrons. The van der Waals surface area contributed by atoms with E-state index in [-0.39, 0.29) is 10.6 Å². The minimum absolute atomic E-state index is 0.136. The number of fused-ring (bicyclic) bond motifs is 1. The van der Waals surface area contributed by atoms with Gasteiger partial charge in [-0.25, -0.2) is 4.39 Å². The summed E-state index contributed by atoms with van der Waals surface area (Å²) in [6, 6.07) is 16.7. The number of aromatic nitrogens is 1. The Balaban J connectivity index is 1.87. The van der Waals surface area contributed by atoms with Crippen molar-refractivity contribution in [2.45, 2.75) is 11.2 Å². The summed E-state index contributed by atoms with van der Waals surface area (Å²) in [4.78, 5) is 4.47. The summed E-state index contributed by atoms with van der Waals surface area (Å²) in [6.07, 6.45) is 0.614. The zero-order chi connectivity index (χ0) is 14.8. The average Bonchev–Trinajstić information content (AvgIpc) is 2.47. The van der Waals surface area contributed by atoms with Crippen LogP contribution in [0, 0.1) is 5.82 Å². The van der Waals surface area contributed by atoms with Crippen LogP contribution in [0.4, 0.5) is 4.39 Å². The Morgan fingerprint density at radius 2 is 1.90 bits per heavy atom. The number of para-hydroxylation sites is 1. The fourth-order valence-corrected chi connectivity index (χ4v) is 3.13. The summed E-state index contributed by atoms with van der Waals surface area (Å²) in [5.41, 5.74) is 2.46. The van der Waals surface area contributed by atoms with E-state index in [1.165, 1.54) is 6.07 Å². The number of rotatable bonds is 3. The van der Waals surface area contributed by atoms with Crippen LogP contribution < -0.4 is 0 Å². The number of benzene rings is 2. The molecule has 0 bridgehead atoms. The Morgan fingerprint density at radius 1 is 1.10 bits per heavy atom. The van der Waals surface area contributed by atoms with E-state index >= 15 is 0 Å². The van der Waals surface area contributed by atoms with Gasteiger partial charge < -0.3 is 0 Å². The summed E-state index contributed by atoms with van der Waals surface area (Å²) in [7, 11) is 0. The Hall–Kier alpha value is -1.45. The van der Waals surface area contributed by atoms with Crippen molar-refractivity contribution >= 4 is 38.4 Å². The van der Waals surface area contributed by atoms with Crippen molar-refractivity contribution in [3.05, 3.63) is 76.7 Å². The highest BCUT2D eigenvalue weighted by Crippen LogP contribution is 2.30. The molecule has 0 amide bonds. The van der Waals surface area contributed by atoms with E-state index in [1.807, 2.05) is 36.4 Å². The molecular formula is C17H12BrClFN. The molecule has 4 heteroatoms. The van der Waals surface area contributed by atoms with Crippen molar-refractivity contribution in [3.8, 4) is 0 Å². The number of nitrogens with zero attached hydrogens (tertiary/aromatic N) is 1. The van der Waals surface area contributed by atoms with Crippen LogP contribution >= 0.6 is 27.5 Å². The first-order valence-corrected chi connectivity index (χ1v) is 7.86. The average molecular weight is 365 g/mol. The third-order valence-electron chi connectivity index (χ3n) is 3.34. The Kier molecular flexibility index (Phi) is 4.22. The monoisotopic (exact) mass is 363 g/mol. The van der Waals surface area contributed by atoms with Crippen molar-refractivity contribution in [1.82, 2.24) is 4.98 Å². The van der Waals surface area contributed by atoms with Gasteiger partial charge in [0.1, 0.15) is 5.82 Å². The molecule has 1 unspecified atom stereocenters. The molecule has 1 aromatic heterocycles. The van der Waals surface area contributed by atoms with Crippen LogP contribution in [0.3, 0.4) is 0 Å². The van der Waals surface area contributed by atoms with E-state index in [2.05, 4.69) is 20.9 Å². The van der Waals surface area contributed by atoms with E-state index < -0.39 is 0 Å². The summed E-state index contributed by atoms with van der Waals surface area (Å²) in [6.45, 7) is 0. The van der Waals surface area contributed by atoms with Crippen molar-refractivity contribution in [2.24, 2.45) is 0 Å². The molecule has 3 aromatic rings. The van der Waals surface area contributed by atoms with Crippen LogP contribution in [0.15, 0.2) is 54.6 Å². The summed E-state index contributed by atoms with van der Waals surface area (Å²) in [5.74, 6) is -0.301. The van der Waals surface area contributed by atoms with Gasteiger partial charge in [-0.05, 0) is 24.3 Å². The van der Waals surface area contributed by atoms with E-state index in [0.29, 0.717) is 17.0 Å². The van der Waals surface area contributed by atoms with E-state index in [4.69, 9.17) is 11.6 Å². The van der Waals surface area contributed by atoms with Gasteiger partial charge in [0, 0.05) is 32.9 Å². The van der Waals surface area contributed by atoms with Gasteiger partial charge in [0.25, 0.3) is 0 Å². The quantitative estimate of drug-likeness (QED) is 0.543. The van der Waals surface area contributed by atoms with Crippen LogP contribution in [0.25, 0.3) is 10.9 Å². The highest BCUT2D eigenvalue weighted by Gasteiger charge is 2.14. The number of hydrogen-bond acceptors (Lipinski definition) is 1. The smallest absolute Gasteiger partial charge is 0.129 e. The number of halogens is 3. The third kappa shape index (κ3) is 3.25. The molecule has 1 nitrogen and oxygen atoms in total. The first-order chi connectivity index (χ1) is 10.1. The van der Waals surface area contributed by atoms with Gasteiger partial charge in [0.15, 0.2) is 0 Å². The molecule has 0 saturated carbocycles. The zero-order valence-corrected chi connectivity index (χ0v) is 13.4. The lowest BCUT2D eigenvalue weighted by atomic mass is 10.1. The van der Waals surface area contributed by atoms with Crippen molar-refractivity contribution in [1.29, 1.82) is 0 Å². The lowest BCUT2D eigenvalue weighted by Crippen LogP contribution is -2.00. The molecule has 21 heavy (non-hydrogen) atoms. The van der Waals surface area contributed by atoms with Gasteiger partial charge in [-0.3, -0.25) is 4.98 Å². The van der Waals surface area contributed by atoms with Gasteiger partial charge in [-0.2, -0.15) is 0 Å². The molecule has 0 aliphatic rings. The predicted molar refractivity (Wildman–Crippen MR) is 88.5 cm³/mol. The van der Waals surface area contributed by atoms with Crippen molar-refractivity contribution in [2.75, 3.05) is 0 Å². The normalized spacial score (nSPS) is 12.5. The van der Waals surface area contributed by atoms with Crippen LogP contribution in [-0.2, 0) is 6.42 Å². The third-order valence-corrected chi connectivity index (χ3v) is 4.40. The first-order valence-electron chi connectivity index (χ1n) is 6.57. The molecule has 0 saturated heterocycles. The second kappa shape index (κ2) is 6.12. The number of pyridine rings is 1. The summed E-state index contributed by atoms with van der Waals surface area (Å²) < 4.78 is 13.9. The van der Waals surface area contributed by atoms with Crippen molar-refractivity contribution in [3.63, 3.8) is 0 Å². The first kappa shape index (κ1) is 14.5. The maximum atomic E-state index is 13.9. The minimum Gasteiger partial charge on any atom is -0.253 e. The molecule has 1 heterocycles. The fraction of sp³-hybridized carbons (Fsp3) is 0.118. The Labute approximate surface area is 135 Å². The van der Waals surface area contributed by atoms with Gasteiger partial charge in [0.2, 0.25) is 0 Å². The molecule has 3 rings (SSSR count). The van der Waals surface area contributed by atoms with E-state index in [1.54, 1.807) is 12.1 Å². The van der Waals surface area contributed by atoms with Gasteiger partial charge in [-0.1, -0.05) is 57.9 Å². The van der Waals surface area contributed by atoms with Crippen LogP contribution in [-0.4, -0.2) is 4.98 Å². The van der Waals surface area contributed by atoms with Crippen LogP contribution in [0.2, 0.25) is 5.02 Å². The molecule has 0 aliphatic heterocycles. The van der Waals surface area contributed by atoms with E-state index in [0.717, 1.165) is 16.6 Å². The van der Waals surface area contributed by atoms with E-state index in [9.17, 15) is 4.39 Å². The lowest BCUT2D eigenvalue weighted by molar-refractivity contribution is 0.607. The highest BCUT2D eigenvalue weighted by molar-refractivity contribution is 9.09. The Bertz CT molecular complexity index is 791. The molecule has 0 spiro atoms. The minimum atomic E-state index is -0.301. The molecular weight excluding hydrogens is 353 g/mol. The molecule has 0 aliphatic carbocycles.